The monoisotopic (exact) mass is 386 g/mol. The lowest BCUT2D eigenvalue weighted by Gasteiger charge is -2.24. The fourth-order valence-electron chi connectivity index (χ4n) is 2.80. The van der Waals surface area contributed by atoms with Gasteiger partial charge in [-0.1, -0.05) is 23.7 Å². The molecule has 0 fully saturated rings. The van der Waals surface area contributed by atoms with Gasteiger partial charge < -0.3 is 8.98 Å². The average Bonchev–Trinajstić information content (AvgIpc) is 3.36. The lowest BCUT2D eigenvalue weighted by atomic mass is 10.1. The van der Waals surface area contributed by atoms with Gasteiger partial charge in [0.1, 0.15) is 18.3 Å². The van der Waals surface area contributed by atoms with Crippen LogP contribution in [0.15, 0.2) is 64.7 Å². The van der Waals surface area contributed by atoms with E-state index in [0.29, 0.717) is 15.6 Å². The maximum atomic E-state index is 12.9. The molecule has 0 saturated heterocycles. The topological polar surface area (TPSA) is 74.3 Å². The third-order valence-corrected chi connectivity index (χ3v) is 5.06. The van der Waals surface area contributed by atoms with Crippen LogP contribution >= 0.6 is 22.9 Å². The average molecular weight is 387 g/mol. The van der Waals surface area contributed by atoms with Gasteiger partial charge in [-0.15, -0.1) is 11.3 Å². The van der Waals surface area contributed by atoms with Crippen molar-refractivity contribution in [2.24, 2.45) is 0 Å². The number of aromatic nitrogens is 1. The van der Waals surface area contributed by atoms with Crippen molar-refractivity contribution in [3.05, 3.63) is 81.5 Å². The van der Waals surface area contributed by atoms with Crippen LogP contribution in [0.1, 0.15) is 17.4 Å². The van der Waals surface area contributed by atoms with Gasteiger partial charge in [0.25, 0.3) is 5.91 Å². The number of furan rings is 1. The molecule has 3 aromatic rings. The van der Waals surface area contributed by atoms with Gasteiger partial charge in [0, 0.05) is 16.6 Å². The molecule has 1 aliphatic rings. The first kappa shape index (κ1) is 16.7. The predicted molar refractivity (Wildman–Crippen MR) is 99.0 cm³/mol. The van der Waals surface area contributed by atoms with Crippen molar-refractivity contribution in [2.45, 2.75) is 12.6 Å². The molecule has 0 spiro atoms. The Morgan fingerprint density at radius 2 is 2.12 bits per heavy atom. The van der Waals surface area contributed by atoms with Crippen molar-refractivity contribution in [2.75, 3.05) is 0 Å². The van der Waals surface area contributed by atoms with Gasteiger partial charge in [-0.05, 0) is 35.9 Å². The van der Waals surface area contributed by atoms with Crippen molar-refractivity contribution in [3.63, 3.8) is 0 Å². The van der Waals surface area contributed by atoms with Gasteiger partial charge in [-0.3, -0.25) is 15.6 Å². The SMILES string of the molecule is N=c1sccn1CC(=O)N1NC(c2ccc(Cl)cc2)=C[C@@H]1c1ccco1. The number of thiazole rings is 1. The maximum absolute atomic E-state index is 12.9. The molecule has 0 radical (unpaired) electrons. The quantitative estimate of drug-likeness (QED) is 0.721. The van der Waals surface area contributed by atoms with Crippen LogP contribution in [0.4, 0.5) is 0 Å². The lowest BCUT2D eigenvalue weighted by molar-refractivity contribution is -0.135. The molecule has 2 aromatic heterocycles. The van der Waals surface area contributed by atoms with Gasteiger partial charge in [0.2, 0.25) is 0 Å². The summed E-state index contributed by atoms with van der Waals surface area (Å²) in [7, 11) is 0. The molecule has 1 aromatic carbocycles. The summed E-state index contributed by atoms with van der Waals surface area (Å²) in [5.74, 6) is 0.500. The number of halogens is 1. The Morgan fingerprint density at radius 1 is 1.31 bits per heavy atom. The van der Waals surface area contributed by atoms with E-state index in [1.807, 2.05) is 24.3 Å². The normalized spacial score (nSPS) is 16.4. The van der Waals surface area contributed by atoms with Gasteiger partial charge in [0.05, 0.1) is 12.0 Å². The summed E-state index contributed by atoms with van der Waals surface area (Å²) >= 11 is 7.24. The molecular formula is C18H15ClN4O2S. The summed E-state index contributed by atoms with van der Waals surface area (Å²) in [5.41, 5.74) is 4.89. The van der Waals surface area contributed by atoms with Crippen molar-refractivity contribution in [3.8, 4) is 0 Å². The molecule has 8 heteroatoms. The van der Waals surface area contributed by atoms with E-state index in [2.05, 4.69) is 5.43 Å². The molecule has 1 atom stereocenters. The van der Waals surface area contributed by atoms with Crippen LogP contribution in [0.25, 0.3) is 5.70 Å². The van der Waals surface area contributed by atoms with Gasteiger partial charge in [-0.2, -0.15) is 0 Å². The summed E-state index contributed by atoms with van der Waals surface area (Å²) in [4.78, 5) is 13.2. The molecule has 0 saturated carbocycles. The second-order valence-electron chi connectivity index (χ2n) is 5.76. The minimum Gasteiger partial charge on any atom is -0.467 e. The van der Waals surface area contributed by atoms with Gasteiger partial charge >= 0.3 is 0 Å². The summed E-state index contributed by atoms with van der Waals surface area (Å²) in [6.07, 6.45) is 5.26. The van der Waals surface area contributed by atoms with Crippen molar-refractivity contribution >= 4 is 34.5 Å². The number of hydrogen-bond donors (Lipinski definition) is 2. The summed E-state index contributed by atoms with van der Waals surface area (Å²) in [6.45, 7) is 0.0777. The van der Waals surface area contributed by atoms with Gasteiger partial charge in [-0.25, -0.2) is 5.01 Å². The zero-order valence-electron chi connectivity index (χ0n) is 13.6. The Kier molecular flexibility index (Phi) is 4.40. The van der Waals surface area contributed by atoms with E-state index in [-0.39, 0.29) is 18.5 Å². The van der Waals surface area contributed by atoms with E-state index >= 15 is 0 Å². The Balaban J connectivity index is 1.63. The molecule has 0 bridgehead atoms. The molecule has 0 unspecified atom stereocenters. The molecule has 1 aliphatic heterocycles. The Hall–Kier alpha value is -2.77. The molecule has 3 heterocycles. The Labute approximate surface area is 158 Å². The van der Waals surface area contributed by atoms with E-state index in [0.717, 1.165) is 11.3 Å². The first-order chi connectivity index (χ1) is 12.6. The zero-order chi connectivity index (χ0) is 18.1. The lowest BCUT2D eigenvalue weighted by Crippen LogP contribution is -2.42. The van der Waals surface area contributed by atoms with Crippen LogP contribution in [0, 0.1) is 5.41 Å². The second kappa shape index (κ2) is 6.86. The number of rotatable bonds is 4. The summed E-state index contributed by atoms with van der Waals surface area (Å²) in [5, 5.41) is 11.8. The highest BCUT2D eigenvalue weighted by molar-refractivity contribution is 7.06. The van der Waals surface area contributed by atoms with Crippen molar-refractivity contribution in [1.29, 1.82) is 5.41 Å². The number of hydrogen-bond acceptors (Lipinski definition) is 5. The Bertz CT molecular complexity index is 1000. The molecule has 26 heavy (non-hydrogen) atoms. The first-order valence-corrected chi connectivity index (χ1v) is 9.16. The van der Waals surface area contributed by atoms with Crippen LogP contribution in [-0.4, -0.2) is 15.5 Å². The largest absolute Gasteiger partial charge is 0.467 e. The number of carbonyl (C=O) groups excluding carboxylic acids is 1. The molecule has 1 amide bonds. The highest BCUT2D eigenvalue weighted by Gasteiger charge is 2.32. The van der Waals surface area contributed by atoms with Crippen molar-refractivity contribution in [1.82, 2.24) is 15.0 Å². The van der Waals surface area contributed by atoms with E-state index in [1.54, 1.807) is 40.6 Å². The third kappa shape index (κ3) is 3.18. The molecule has 132 valence electrons. The smallest absolute Gasteiger partial charge is 0.261 e. The summed E-state index contributed by atoms with van der Waals surface area (Å²) < 4.78 is 7.12. The van der Waals surface area contributed by atoms with E-state index < -0.39 is 0 Å². The Morgan fingerprint density at radius 3 is 2.77 bits per heavy atom. The van der Waals surface area contributed by atoms with Crippen LogP contribution in [0.2, 0.25) is 5.02 Å². The van der Waals surface area contributed by atoms with Crippen LogP contribution < -0.4 is 10.2 Å². The molecular weight excluding hydrogens is 372 g/mol. The first-order valence-electron chi connectivity index (χ1n) is 7.90. The molecule has 4 rings (SSSR count). The third-order valence-electron chi connectivity index (χ3n) is 4.09. The number of nitrogens with zero attached hydrogens (tertiary/aromatic N) is 2. The van der Waals surface area contributed by atoms with Crippen molar-refractivity contribution < 1.29 is 9.21 Å². The number of benzene rings is 1. The standard InChI is InChI=1S/C18H15ClN4O2S/c19-13-5-3-12(4-6-13)14-10-15(16-2-1-8-25-16)23(21-14)17(24)11-22-7-9-26-18(22)20/h1-10,15,20-21H,11H2/t15-/m1/s1. The minimum absolute atomic E-state index is 0.0777. The molecule has 2 N–H and O–H groups in total. The summed E-state index contributed by atoms with van der Waals surface area (Å²) in [6, 6.07) is 10.7. The van der Waals surface area contributed by atoms with Crippen LogP contribution in [-0.2, 0) is 11.3 Å². The maximum Gasteiger partial charge on any atom is 0.261 e. The zero-order valence-corrected chi connectivity index (χ0v) is 15.1. The highest BCUT2D eigenvalue weighted by Crippen LogP contribution is 2.32. The fourth-order valence-corrected chi connectivity index (χ4v) is 3.52. The number of carbonyl (C=O) groups is 1. The van der Waals surface area contributed by atoms with Crippen LogP contribution in [0.3, 0.4) is 0 Å². The number of nitrogens with one attached hydrogen (secondary N) is 2. The van der Waals surface area contributed by atoms with Crippen LogP contribution in [0.5, 0.6) is 0 Å². The fraction of sp³-hybridized carbons (Fsp3) is 0.111. The molecule has 0 aliphatic carbocycles. The molecule has 6 nitrogen and oxygen atoms in total. The predicted octanol–water partition coefficient (Wildman–Crippen LogP) is 3.40. The minimum atomic E-state index is -0.364. The number of amides is 1. The number of hydrazine groups is 1. The van der Waals surface area contributed by atoms with E-state index in [9.17, 15) is 4.79 Å². The second-order valence-corrected chi connectivity index (χ2v) is 7.09. The van der Waals surface area contributed by atoms with Gasteiger partial charge in [0.15, 0.2) is 4.80 Å². The highest BCUT2D eigenvalue weighted by atomic mass is 35.5. The van der Waals surface area contributed by atoms with E-state index in [1.165, 1.54) is 16.3 Å². The van der Waals surface area contributed by atoms with E-state index in [4.69, 9.17) is 21.4 Å².